The molecule has 42 heavy (non-hydrogen) atoms. The zero-order valence-corrected chi connectivity index (χ0v) is 23.2. The van der Waals surface area contributed by atoms with Gasteiger partial charge in [0.15, 0.2) is 18.2 Å². The number of aromatic nitrogens is 3. The second kappa shape index (κ2) is 11.1. The Hall–Kier alpha value is -4.48. The van der Waals surface area contributed by atoms with Gasteiger partial charge in [0.25, 0.3) is 5.91 Å². The van der Waals surface area contributed by atoms with E-state index in [9.17, 15) is 14.7 Å². The first-order valence-corrected chi connectivity index (χ1v) is 14.3. The second-order valence-corrected chi connectivity index (χ2v) is 10.9. The number of piperazine rings is 1. The molecule has 11 nitrogen and oxygen atoms in total. The highest BCUT2D eigenvalue weighted by Crippen LogP contribution is 2.34. The summed E-state index contributed by atoms with van der Waals surface area (Å²) in [7, 11) is 0. The number of benzene rings is 2. The van der Waals surface area contributed by atoms with Crippen molar-refractivity contribution in [2.45, 2.75) is 32.2 Å². The minimum atomic E-state index is -0.947. The number of carboxylic acid groups (broad SMARTS) is 1. The lowest BCUT2D eigenvalue weighted by Crippen LogP contribution is -2.47. The van der Waals surface area contributed by atoms with Gasteiger partial charge in [0.05, 0.1) is 42.3 Å². The third-order valence-electron chi connectivity index (χ3n) is 8.23. The number of carbonyl (C=O) groups is 2. The standard InChI is InChI=1S/C31H32N6O5/c38-29-20-42-26-8-9-27(33-30(26)37(29)17-21-4-2-1-3-5-21)35-13-11-34(12-14-35)19-28-32-24-7-6-22(31(39)40)16-25(24)36(28)18-23-10-15-41-23/h1-9,16,23H,10-15,17-20H2,(H,39,40). The Kier molecular flexibility index (Phi) is 6.96. The molecule has 7 rings (SSSR count). The summed E-state index contributed by atoms with van der Waals surface area (Å²) in [6.07, 6.45) is 1.11. The summed E-state index contributed by atoms with van der Waals surface area (Å²) in [5, 5.41) is 9.52. The lowest BCUT2D eigenvalue weighted by Gasteiger charge is -2.36. The minimum Gasteiger partial charge on any atom is -0.480 e. The van der Waals surface area contributed by atoms with Crippen LogP contribution in [0, 0.1) is 0 Å². The van der Waals surface area contributed by atoms with E-state index in [1.54, 1.807) is 23.1 Å². The molecule has 2 aromatic carbocycles. The molecule has 2 saturated heterocycles. The first kappa shape index (κ1) is 26.4. The molecule has 1 unspecified atom stereocenters. The number of amides is 1. The molecule has 0 saturated carbocycles. The van der Waals surface area contributed by atoms with Gasteiger partial charge in [0, 0.05) is 32.8 Å². The number of imidazole rings is 1. The molecule has 11 heteroatoms. The molecular weight excluding hydrogens is 536 g/mol. The van der Waals surface area contributed by atoms with E-state index in [0.717, 1.165) is 67.4 Å². The van der Waals surface area contributed by atoms with Gasteiger partial charge in [-0.3, -0.25) is 14.6 Å². The van der Waals surface area contributed by atoms with E-state index in [0.29, 0.717) is 31.2 Å². The minimum absolute atomic E-state index is 0.00873. The average molecular weight is 569 g/mol. The van der Waals surface area contributed by atoms with E-state index < -0.39 is 5.97 Å². The number of rotatable bonds is 8. The molecule has 4 aromatic rings. The number of carboxylic acids is 1. The maximum absolute atomic E-state index is 12.8. The summed E-state index contributed by atoms with van der Waals surface area (Å²) >= 11 is 0. The quantitative estimate of drug-likeness (QED) is 0.342. The van der Waals surface area contributed by atoms with Crippen LogP contribution in [0.2, 0.25) is 0 Å². The number of hydrogen-bond donors (Lipinski definition) is 1. The van der Waals surface area contributed by atoms with Crippen molar-refractivity contribution in [1.82, 2.24) is 19.4 Å². The van der Waals surface area contributed by atoms with Crippen LogP contribution in [0.1, 0.15) is 28.2 Å². The summed E-state index contributed by atoms with van der Waals surface area (Å²) in [5.41, 5.74) is 2.91. The van der Waals surface area contributed by atoms with Crippen molar-refractivity contribution < 1.29 is 24.2 Å². The van der Waals surface area contributed by atoms with Crippen LogP contribution in [-0.2, 0) is 29.2 Å². The highest BCUT2D eigenvalue weighted by molar-refractivity contribution is 5.97. The number of carbonyl (C=O) groups excluding carboxylic acids is 1. The van der Waals surface area contributed by atoms with Gasteiger partial charge >= 0.3 is 5.97 Å². The van der Waals surface area contributed by atoms with Gasteiger partial charge in [-0.05, 0) is 42.3 Å². The predicted octanol–water partition coefficient (Wildman–Crippen LogP) is 3.17. The fourth-order valence-electron chi connectivity index (χ4n) is 5.77. The van der Waals surface area contributed by atoms with E-state index in [-0.39, 0.29) is 24.2 Å². The number of nitrogens with zero attached hydrogens (tertiary/aromatic N) is 6. The van der Waals surface area contributed by atoms with E-state index in [1.807, 2.05) is 42.5 Å². The molecule has 1 amide bonds. The lowest BCUT2D eigenvalue weighted by atomic mass is 10.1. The van der Waals surface area contributed by atoms with Crippen molar-refractivity contribution >= 4 is 34.5 Å². The number of hydrogen-bond acceptors (Lipinski definition) is 8. The van der Waals surface area contributed by atoms with Crippen molar-refractivity contribution in [3.63, 3.8) is 0 Å². The summed E-state index contributed by atoms with van der Waals surface area (Å²) in [6, 6.07) is 18.9. The van der Waals surface area contributed by atoms with Crippen LogP contribution in [0.3, 0.4) is 0 Å². The monoisotopic (exact) mass is 568 g/mol. The van der Waals surface area contributed by atoms with E-state index >= 15 is 0 Å². The first-order valence-electron chi connectivity index (χ1n) is 14.3. The van der Waals surface area contributed by atoms with Crippen molar-refractivity contribution in [2.75, 3.05) is 49.2 Å². The van der Waals surface area contributed by atoms with Crippen molar-refractivity contribution in [1.29, 1.82) is 0 Å². The first-order chi connectivity index (χ1) is 20.5. The Morgan fingerprint density at radius 3 is 2.52 bits per heavy atom. The number of anilines is 2. The topological polar surface area (TPSA) is 113 Å². The van der Waals surface area contributed by atoms with Crippen molar-refractivity contribution in [3.8, 4) is 5.75 Å². The van der Waals surface area contributed by atoms with Gasteiger partial charge in [-0.1, -0.05) is 30.3 Å². The summed E-state index contributed by atoms with van der Waals surface area (Å²) in [6.45, 7) is 5.70. The van der Waals surface area contributed by atoms with E-state index in [1.165, 1.54) is 0 Å². The van der Waals surface area contributed by atoms with Crippen LogP contribution in [0.4, 0.5) is 11.6 Å². The second-order valence-electron chi connectivity index (χ2n) is 10.9. The maximum Gasteiger partial charge on any atom is 0.335 e. The summed E-state index contributed by atoms with van der Waals surface area (Å²) in [5.74, 6) is 1.86. The Balaban J connectivity index is 1.07. The zero-order chi connectivity index (χ0) is 28.6. The molecule has 3 aliphatic rings. The molecule has 1 N–H and O–H groups in total. The Labute approximate surface area is 242 Å². The van der Waals surface area contributed by atoms with Crippen LogP contribution < -0.4 is 14.5 Å². The number of ether oxygens (including phenoxy) is 2. The van der Waals surface area contributed by atoms with Crippen LogP contribution in [0.25, 0.3) is 11.0 Å². The van der Waals surface area contributed by atoms with Crippen LogP contribution in [0.15, 0.2) is 60.7 Å². The third-order valence-corrected chi connectivity index (χ3v) is 8.23. The summed E-state index contributed by atoms with van der Waals surface area (Å²) < 4.78 is 13.5. The smallest absolute Gasteiger partial charge is 0.335 e. The van der Waals surface area contributed by atoms with E-state index in [2.05, 4.69) is 14.4 Å². The predicted molar refractivity (Wildman–Crippen MR) is 156 cm³/mol. The highest BCUT2D eigenvalue weighted by Gasteiger charge is 2.29. The number of aromatic carboxylic acids is 1. The molecule has 216 valence electrons. The molecule has 0 radical (unpaired) electrons. The maximum atomic E-state index is 12.8. The molecule has 0 bridgehead atoms. The molecule has 1 atom stereocenters. The van der Waals surface area contributed by atoms with Crippen LogP contribution in [0.5, 0.6) is 5.75 Å². The van der Waals surface area contributed by atoms with Gasteiger partial charge in [-0.25, -0.2) is 14.8 Å². The van der Waals surface area contributed by atoms with Crippen LogP contribution >= 0.6 is 0 Å². The average Bonchev–Trinajstić information content (AvgIpc) is 3.33. The van der Waals surface area contributed by atoms with Gasteiger partial charge in [0.2, 0.25) is 0 Å². The third kappa shape index (κ3) is 5.17. The largest absolute Gasteiger partial charge is 0.480 e. The molecule has 5 heterocycles. The van der Waals surface area contributed by atoms with Gasteiger partial charge in [-0.2, -0.15) is 0 Å². The molecule has 0 spiro atoms. The van der Waals surface area contributed by atoms with Gasteiger partial charge in [-0.15, -0.1) is 0 Å². The van der Waals surface area contributed by atoms with Gasteiger partial charge < -0.3 is 24.0 Å². The fraction of sp³-hybridized carbons (Fsp3) is 0.355. The Bertz CT molecular complexity index is 1630. The Morgan fingerprint density at radius 2 is 1.79 bits per heavy atom. The summed E-state index contributed by atoms with van der Waals surface area (Å²) in [4.78, 5) is 40.5. The van der Waals surface area contributed by atoms with Crippen molar-refractivity contribution in [2.24, 2.45) is 0 Å². The molecule has 2 fully saturated rings. The fourth-order valence-corrected chi connectivity index (χ4v) is 5.77. The molecule has 2 aromatic heterocycles. The number of fused-ring (bicyclic) bond motifs is 2. The molecule has 3 aliphatic heterocycles. The van der Waals surface area contributed by atoms with Crippen molar-refractivity contribution in [3.05, 3.63) is 77.6 Å². The normalized spacial score (nSPS) is 19.0. The zero-order valence-electron chi connectivity index (χ0n) is 23.2. The SMILES string of the molecule is O=C(O)c1ccc2nc(CN3CCN(c4ccc5c(n4)N(Cc4ccccc4)C(=O)CO5)CC3)n(CC3CCO3)c2c1. The van der Waals surface area contributed by atoms with Crippen LogP contribution in [-0.4, -0.2) is 81.9 Å². The molecular formula is C31H32N6O5. The van der Waals surface area contributed by atoms with E-state index in [4.69, 9.17) is 19.4 Å². The van der Waals surface area contributed by atoms with Gasteiger partial charge in [0.1, 0.15) is 11.6 Å². The lowest BCUT2D eigenvalue weighted by molar-refractivity contribution is -0.121. The number of pyridine rings is 1. The molecule has 0 aliphatic carbocycles. The highest BCUT2D eigenvalue weighted by atomic mass is 16.5. The Morgan fingerprint density at radius 1 is 0.976 bits per heavy atom.